The van der Waals surface area contributed by atoms with Crippen LogP contribution >= 0.6 is 34.7 Å². The average molecular weight is 472 g/mol. The Hall–Kier alpha value is -2.81. The van der Waals surface area contributed by atoms with E-state index in [1.807, 2.05) is 35.7 Å². The minimum atomic E-state index is -0.254. The Morgan fingerprint density at radius 1 is 1.26 bits per heavy atom. The number of fused-ring (bicyclic) bond motifs is 1. The third kappa shape index (κ3) is 4.46. The normalized spacial score (nSPS) is 10.9. The summed E-state index contributed by atoms with van der Waals surface area (Å²) in [6, 6.07) is 14.8. The van der Waals surface area contributed by atoms with Crippen molar-refractivity contribution in [3.05, 3.63) is 69.3 Å². The molecule has 6 nitrogen and oxygen atoms in total. The van der Waals surface area contributed by atoms with Gasteiger partial charge in [-0.05, 0) is 23.8 Å². The Morgan fingerprint density at radius 3 is 2.77 bits per heavy atom. The number of hydrogen-bond acceptors (Lipinski definition) is 6. The minimum absolute atomic E-state index is 0.0817. The molecule has 0 aliphatic carbocycles. The molecule has 0 bridgehead atoms. The highest BCUT2D eigenvalue weighted by Gasteiger charge is 2.17. The molecule has 0 radical (unpaired) electrons. The monoisotopic (exact) mass is 471 g/mol. The summed E-state index contributed by atoms with van der Waals surface area (Å²) in [5.74, 6) is 0.344. The van der Waals surface area contributed by atoms with Gasteiger partial charge in [-0.3, -0.25) is 14.2 Å². The topological polar surface area (TPSA) is 73.2 Å². The molecule has 1 amide bonds. The number of hydrogen-bond donors (Lipinski definition) is 1. The van der Waals surface area contributed by atoms with Crippen LogP contribution in [0.1, 0.15) is 0 Å². The standard InChI is InChI=1S/C22H18ClN3O3S2/c1-26-21(28)19-15(13-6-4-3-5-7-13)11-30-20(19)25-22(26)31-12-18(27)24-16-10-14(23)8-9-17(16)29-2/h3-11H,12H2,1-2H3,(H,24,27). The molecule has 0 aliphatic heterocycles. The number of carbonyl (C=O) groups excluding carboxylic acids is 1. The van der Waals surface area contributed by atoms with Crippen LogP contribution in [0.25, 0.3) is 21.3 Å². The van der Waals surface area contributed by atoms with E-state index in [-0.39, 0.29) is 17.2 Å². The first-order valence-corrected chi connectivity index (χ1v) is 11.5. The van der Waals surface area contributed by atoms with Crippen LogP contribution in [0.3, 0.4) is 0 Å². The van der Waals surface area contributed by atoms with E-state index in [0.29, 0.717) is 31.8 Å². The van der Waals surface area contributed by atoms with E-state index in [0.717, 1.165) is 11.1 Å². The number of aromatic nitrogens is 2. The van der Waals surface area contributed by atoms with Gasteiger partial charge in [-0.25, -0.2) is 4.98 Å². The van der Waals surface area contributed by atoms with Crippen molar-refractivity contribution in [2.45, 2.75) is 5.16 Å². The zero-order valence-electron chi connectivity index (χ0n) is 16.7. The predicted molar refractivity (Wildman–Crippen MR) is 128 cm³/mol. The van der Waals surface area contributed by atoms with Crippen LogP contribution in [-0.2, 0) is 11.8 Å². The van der Waals surface area contributed by atoms with Gasteiger partial charge in [0.25, 0.3) is 5.56 Å². The average Bonchev–Trinajstić information content (AvgIpc) is 3.20. The number of methoxy groups -OCH3 is 1. The van der Waals surface area contributed by atoms with Gasteiger partial charge in [-0.15, -0.1) is 11.3 Å². The summed E-state index contributed by atoms with van der Waals surface area (Å²) in [6.45, 7) is 0. The van der Waals surface area contributed by atoms with Gasteiger partial charge in [0.05, 0.1) is 23.9 Å². The van der Waals surface area contributed by atoms with Crippen molar-refractivity contribution in [3.63, 3.8) is 0 Å². The van der Waals surface area contributed by atoms with Crippen LogP contribution in [-0.4, -0.2) is 28.3 Å². The van der Waals surface area contributed by atoms with Crippen molar-refractivity contribution >= 4 is 56.5 Å². The van der Waals surface area contributed by atoms with Crippen molar-refractivity contribution in [1.29, 1.82) is 0 Å². The molecule has 2 heterocycles. The highest BCUT2D eigenvalue weighted by Crippen LogP contribution is 2.32. The summed E-state index contributed by atoms with van der Waals surface area (Å²) < 4.78 is 6.73. The van der Waals surface area contributed by atoms with Gasteiger partial charge in [0.1, 0.15) is 10.6 Å². The summed E-state index contributed by atoms with van der Waals surface area (Å²) in [5.41, 5.74) is 2.20. The molecule has 2 aromatic heterocycles. The fourth-order valence-corrected chi connectivity index (χ4v) is 5.04. The van der Waals surface area contributed by atoms with Crippen molar-refractivity contribution in [2.75, 3.05) is 18.2 Å². The predicted octanol–water partition coefficient (Wildman–Crippen LogP) is 5.05. The molecule has 2 aromatic carbocycles. The van der Waals surface area contributed by atoms with Crippen LogP contribution in [0.5, 0.6) is 5.75 Å². The molecule has 0 fully saturated rings. The van der Waals surface area contributed by atoms with E-state index in [9.17, 15) is 9.59 Å². The van der Waals surface area contributed by atoms with Crippen LogP contribution in [0.4, 0.5) is 5.69 Å². The summed E-state index contributed by atoms with van der Waals surface area (Å²) in [5, 5.41) is 6.30. The molecule has 158 valence electrons. The first-order valence-electron chi connectivity index (χ1n) is 9.27. The number of thioether (sulfide) groups is 1. The Bertz CT molecular complexity index is 1320. The van der Waals surface area contributed by atoms with Gasteiger partial charge in [-0.1, -0.05) is 53.7 Å². The van der Waals surface area contributed by atoms with Gasteiger partial charge in [0.15, 0.2) is 5.16 Å². The van der Waals surface area contributed by atoms with Gasteiger partial charge in [0.2, 0.25) is 5.91 Å². The maximum atomic E-state index is 13.0. The molecule has 4 rings (SSSR count). The second kappa shape index (κ2) is 9.13. The number of nitrogens with one attached hydrogen (secondary N) is 1. The molecule has 0 saturated carbocycles. The van der Waals surface area contributed by atoms with Gasteiger partial charge in [0, 0.05) is 23.0 Å². The number of anilines is 1. The number of nitrogens with zero attached hydrogens (tertiary/aromatic N) is 2. The number of ether oxygens (including phenoxy) is 1. The molecular weight excluding hydrogens is 454 g/mol. The molecule has 0 spiro atoms. The van der Waals surface area contributed by atoms with Crippen LogP contribution in [0, 0.1) is 0 Å². The van der Waals surface area contributed by atoms with Crippen LogP contribution in [0.2, 0.25) is 5.02 Å². The summed E-state index contributed by atoms with van der Waals surface area (Å²) in [6.07, 6.45) is 0. The molecule has 1 N–H and O–H groups in total. The van der Waals surface area contributed by atoms with E-state index in [1.165, 1.54) is 34.8 Å². The van der Waals surface area contributed by atoms with E-state index < -0.39 is 0 Å². The van der Waals surface area contributed by atoms with Crippen LogP contribution < -0.4 is 15.6 Å². The van der Waals surface area contributed by atoms with Gasteiger partial charge >= 0.3 is 0 Å². The first kappa shape index (κ1) is 21.4. The fourth-order valence-electron chi connectivity index (χ4n) is 3.11. The highest BCUT2D eigenvalue weighted by molar-refractivity contribution is 7.99. The second-order valence-electron chi connectivity index (χ2n) is 6.64. The Kier molecular flexibility index (Phi) is 6.31. The number of thiophene rings is 1. The Labute approximate surface area is 191 Å². The number of benzene rings is 2. The van der Waals surface area contributed by atoms with Crippen molar-refractivity contribution in [3.8, 4) is 16.9 Å². The molecule has 31 heavy (non-hydrogen) atoms. The quantitative estimate of drug-likeness (QED) is 0.314. The van der Waals surface area contributed by atoms with Crippen molar-refractivity contribution in [1.82, 2.24) is 9.55 Å². The fraction of sp³-hybridized carbons (Fsp3) is 0.136. The molecule has 0 atom stereocenters. The van der Waals surface area contributed by atoms with Crippen LogP contribution in [0.15, 0.2) is 63.9 Å². The number of rotatable bonds is 6. The maximum absolute atomic E-state index is 13.0. The minimum Gasteiger partial charge on any atom is -0.495 e. The largest absolute Gasteiger partial charge is 0.495 e. The molecule has 9 heteroatoms. The lowest BCUT2D eigenvalue weighted by atomic mass is 10.1. The van der Waals surface area contributed by atoms with Gasteiger partial charge < -0.3 is 10.1 Å². The lowest BCUT2D eigenvalue weighted by Gasteiger charge is -2.11. The van der Waals surface area contributed by atoms with E-state index in [1.54, 1.807) is 25.2 Å². The van der Waals surface area contributed by atoms with Crippen molar-refractivity contribution in [2.24, 2.45) is 7.05 Å². The molecule has 0 unspecified atom stereocenters. The summed E-state index contributed by atoms with van der Waals surface area (Å²) in [4.78, 5) is 30.8. The lowest BCUT2D eigenvalue weighted by Crippen LogP contribution is -2.21. The number of amides is 1. The zero-order chi connectivity index (χ0) is 22.0. The van der Waals surface area contributed by atoms with E-state index in [4.69, 9.17) is 16.3 Å². The highest BCUT2D eigenvalue weighted by atomic mass is 35.5. The Morgan fingerprint density at radius 2 is 2.03 bits per heavy atom. The zero-order valence-corrected chi connectivity index (χ0v) is 19.1. The Balaban J connectivity index is 1.56. The maximum Gasteiger partial charge on any atom is 0.263 e. The SMILES string of the molecule is COc1ccc(Cl)cc1NC(=O)CSc1nc2scc(-c3ccccc3)c2c(=O)n1C. The third-order valence-electron chi connectivity index (χ3n) is 4.63. The lowest BCUT2D eigenvalue weighted by molar-refractivity contribution is -0.113. The first-order chi connectivity index (χ1) is 15.0. The number of carbonyl (C=O) groups is 1. The summed E-state index contributed by atoms with van der Waals surface area (Å²) >= 11 is 8.63. The van der Waals surface area contributed by atoms with Crippen molar-refractivity contribution < 1.29 is 9.53 Å². The molecule has 4 aromatic rings. The summed E-state index contributed by atoms with van der Waals surface area (Å²) in [7, 11) is 3.19. The molecule has 0 aliphatic rings. The number of halogens is 1. The van der Waals surface area contributed by atoms with Gasteiger partial charge in [-0.2, -0.15) is 0 Å². The second-order valence-corrected chi connectivity index (χ2v) is 8.87. The third-order valence-corrected chi connectivity index (χ3v) is 6.76. The smallest absolute Gasteiger partial charge is 0.263 e. The van der Waals surface area contributed by atoms with E-state index >= 15 is 0 Å². The molecule has 0 saturated heterocycles. The van der Waals surface area contributed by atoms with E-state index in [2.05, 4.69) is 10.3 Å². The molecular formula is C22H18ClN3O3S2.